The monoisotopic (exact) mass is 335 g/mol. The van der Waals surface area contributed by atoms with Crippen molar-refractivity contribution in [3.8, 4) is 0 Å². The molecule has 136 valence electrons. The van der Waals surface area contributed by atoms with Gasteiger partial charge in [0.15, 0.2) is 0 Å². The number of allylic oxidation sites excluding steroid dienone is 2. The first kappa shape index (κ1) is 19.0. The molecule has 0 bridgehead atoms. The fraction of sp³-hybridized carbons (Fsp3) is 0.800. The van der Waals surface area contributed by atoms with Crippen LogP contribution in [0.15, 0.2) is 12.2 Å². The van der Waals surface area contributed by atoms with Crippen LogP contribution in [0.25, 0.3) is 0 Å². The predicted octanol–water partition coefficient (Wildman–Crippen LogP) is 3.95. The quantitative estimate of drug-likeness (QED) is 0.402. The van der Waals surface area contributed by atoms with Crippen LogP contribution in [0.5, 0.6) is 0 Å². The van der Waals surface area contributed by atoms with Gasteiger partial charge in [0, 0.05) is 19.0 Å². The number of carbonyl (C=O) groups is 2. The molecule has 0 spiro atoms. The molecule has 24 heavy (non-hydrogen) atoms. The third-order valence-electron chi connectivity index (χ3n) is 6.08. The summed E-state index contributed by atoms with van der Waals surface area (Å²) in [6.45, 7) is 5.80. The Morgan fingerprint density at radius 3 is 2.62 bits per heavy atom. The number of hydrogen-bond donors (Lipinski definition) is 0. The molecule has 0 radical (unpaired) electrons. The summed E-state index contributed by atoms with van der Waals surface area (Å²) in [5.41, 5.74) is -0.467. The molecule has 1 saturated heterocycles. The molecule has 1 saturated carbocycles. The molecule has 4 nitrogen and oxygen atoms in total. The van der Waals surface area contributed by atoms with Gasteiger partial charge in [-0.1, -0.05) is 25.5 Å². The summed E-state index contributed by atoms with van der Waals surface area (Å²) in [5.74, 6) is 0.155. The van der Waals surface area contributed by atoms with Crippen molar-refractivity contribution in [2.24, 2.45) is 17.3 Å². The highest BCUT2D eigenvalue weighted by Crippen LogP contribution is 2.51. The van der Waals surface area contributed by atoms with Crippen LogP contribution in [0.1, 0.15) is 65.2 Å². The predicted molar refractivity (Wildman–Crippen MR) is 95.4 cm³/mol. The van der Waals surface area contributed by atoms with Crippen molar-refractivity contribution in [3.05, 3.63) is 12.2 Å². The lowest BCUT2D eigenvalue weighted by atomic mass is 9.68. The van der Waals surface area contributed by atoms with E-state index in [9.17, 15) is 9.59 Å². The van der Waals surface area contributed by atoms with Crippen molar-refractivity contribution in [1.29, 1.82) is 0 Å². The molecule has 3 atom stereocenters. The maximum atomic E-state index is 12.9. The van der Waals surface area contributed by atoms with Gasteiger partial charge in [0.05, 0.1) is 12.5 Å². The van der Waals surface area contributed by atoms with E-state index in [1.807, 2.05) is 18.7 Å². The fourth-order valence-corrected chi connectivity index (χ4v) is 4.80. The van der Waals surface area contributed by atoms with Crippen LogP contribution in [0.4, 0.5) is 0 Å². The number of nitrogens with zero attached hydrogens (tertiary/aromatic N) is 1. The minimum absolute atomic E-state index is 0.0913. The molecule has 1 aliphatic carbocycles. The number of unbranched alkanes of at least 4 members (excludes halogenated alkanes) is 1. The van der Waals surface area contributed by atoms with Crippen LogP contribution in [0, 0.1) is 17.3 Å². The van der Waals surface area contributed by atoms with Gasteiger partial charge in [-0.15, -0.1) is 0 Å². The molecule has 0 aromatic heterocycles. The lowest BCUT2D eigenvalue weighted by Gasteiger charge is -2.37. The molecular formula is C20H33NO3. The molecule has 4 heteroatoms. The normalized spacial score (nSPS) is 28.5. The van der Waals surface area contributed by atoms with E-state index in [4.69, 9.17) is 4.74 Å². The number of likely N-dealkylation sites (tertiary alicyclic amines) is 1. The summed E-state index contributed by atoms with van der Waals surface area (Å²) in [5, 5.41) is 0. The number of rotatable bonds is 7. The maximum Gasteiger partial charge on any atom is 0.312 e. The smallest absolute Gasteiger partial charge is 0.312 e. The van der Waals surface area contributed by atoms with E-state index in [1.54, 1.807) is 0 Å². The number of ether oxygens (including phenoxy) is 1. The zero-order valence-electron chi connectivity index (χ0n) is 15.6. The van der Waals surface area contributed by atoms with Crippen LogP contribution >= 0.6 is 0 Å². The lowest BCUT2D eigenvalue weighted by molar-refractivity contribution is -0.158. The van der Waals surface area contributed by atoms with E-state index in [0.29, 0.717) is 0 Å². The SMILES string of the molecule is C/C=C\CCC[C@]1(C(=O)OC)CCC[C@H]1[C@H](C)C(=O)N1CCCC1. The summed E-state index contributed by atoms with van der Waals surface area (Å²) < 4.78 is 5.20. The number of amides is 1. The first-order chi connectivity index (χ1) is 11.6. The van der Waals surface area contributed by atoms with E-state index in [2.05, 4.69) is 12.2 Å². The van der Waals surface area contributed by atoms with E-state index in [-0.39, 0.29) is 23.7 Å². The molecule has 1 heterocycles. The van der Waals surface area contributed by atoms with E-state index < -0.39 is 5.41 Å². The average Bonchev–Trinajstić information content (AvgIpc) is 3.27. The van der Waals surface area contributed by atoms with Gasteiger partial charge < -0.3 is 9.64 Å². The van der Waals surface area contributed by atoms with Gasteiger partial charge in [-0.2, -0.15) is 0 Å². The number of esters is 1. The van der Waals surface area contributed by atoms with Gasteiger partial charge in [0.1, 0.15) is 0 Å². The third-order valence-corrected chi connectivity index (χ3v) is 6.08. The first-order valence-electron chi connectivity index (χ1n) is 9.55. The molecule has 0 aromatic rings. The molecule has 0 N–H and O–H groups in total. The number of carbonyl (C=O) groups excluding carboxylic acids is 2. The lowest BCUT2D eigenvalue weighted by Crippen LogP contribution is -2.44. The molecular weight excluding hydrogens is 302 g/mol. The van der Waals surface area contributed by atoms with Gasteiger partial charge in [-0.05, 0) is 57.8 Å². The average molecular weight is 335 g/mol. The Kier molecular flexibility index (Phi) is 6.88. The van der Waals surface area contributed by atoms with Crippen molar-refractivity contribution < 1.29 is 14.3 Å². The van der Waals surface area contributed by atoms with Crippen molar-refractivity contribution in [3.63, 3.8) is 0 Å². The topological polar surface area (TPSA) is 46.6 Å². The van der Waals surface area contributed by atoms with Crippen LogP contribution in [-0.4, -0.2) is 37.0 Å². The van der Waals surface area contributed by atoms with Crippen molar-refractivity contribution in [1.82, 2.24) is 4.90 Å². The zero-order valence-corrected chi connectivity index (χ0v) is 15.6. The Hall–Kier alpha value is -1.32. The second kappa shape index (κ2) is 8.68. The summed E-state index contributed by atoms with van der Waals surface area (Å²) in [7, 11) is 1.48. The standard InChI is InChI=1S/C20H33NO3/c1-4-5-6-7-12-20(19(23)24-3)13-10-11-17(20)16(2)18(22)21-14-8-9-15-21/h4-5,16-17H,6-15H2,1-3H3/b5-4-/t16-,17-,20-/m0/s1. The number of hydrogen-bond acceptors (Lipinski definition) is 3. The highest BCUT2D eigenvalue weighted by atomic mass is 16.5. The van der Waals surface area contributed by atoms with E-state index in [1.165, 1.54) is 7.11 Å². The minimum Gasteiger partial charge on any atom is -0.469 e. The van der Waals surface area contributed by atoms with E-state index >= 15 is 0 Å². The fourth-order valence-electron chi connectivity index (χ4n) is 4.80. The minimum atomic E-state index is -0.467. The summed E-state index contributed by atoms with van der Waals surface area (Å²) in [4.78, 5) is 27.6. The summed E-state index contributed by atoms with van der Waals surface area (Å²) >= 11 is 0. The van der Waals surface area contributed by atoms with Crippen molar-refractivity contribution >= 4 is 11.9 Å². The second-order valence-electron chi connectivity index (χ2n) is 7.43. The highest BCUT2D eigenvalue weighted by molar-refractivity contribution is 5.82. The van der Waals surface area contributed by atoms with Gasteiger partial charge in [-0.25, -0.2) is 0 Å². The highest BCUT2D eigenvalue weighted by Gasteiger charge is 2.52. The van der Waals surface area contributed by atoms with E-state index in [0.717, 1.165) is 64.5 Å². The Labute approximate surface area is 146 Å². The molecule has 2 aliphatic rings. The molecule has 2 fully saturated rings. The first-order valence-corrected chi connectivity index (χ1v) is 9.55. The number of methoxy groups -OCH3 is 1. The summed E-state index contributed by atoms with van der Waals surface area (Å²) in [6, 6.07) is 0. The van der Waals surface area contributed by atoms with Gasteiger partial charge in [-0.3, -0.25) is 9.59 Å². The Morgan fingerprint density at radius 1 is 1.29 bits per heavy atom. The Balaban J connectivity index is 2.14. The second-order valence-corrected chi connectivity index (χ2v) is 7.43. The molecule has 0 aromatic carbocycles. The van der Waals surface area contributed by atoms with Gasteiger partial charge in [0.2, 0.25) is 5.91 Å². The van der Waals surface area contributed by atoms with Gasteiger partial charge in [0.25, 0.3) is 0 Å². The van der Waals surface area contributed by atoms with Crippen molar-refractivity contribution in [2.75, 3.05) is 20.2 Å². The molecule has 1 amide bonds. The van der Waals surface area contributed by atoms with Crippen LogP contribution in [0.2, 0.25) is 0 Å². The Morgan fingerprint density at radius 2 is 2.00 bits per heavy atom. The zero-order chi connectivity index (χ0) is 17.6. The Bertz CT molecular complexity index is 468. The van der Waals surface area contributed by atoms with Gasteiger partial charge >= 0.3 is 5.97 Å². The maximum absolute atomic E-state index is 12.9. The molecule has 0 unspecified atom stereocenters. The van der Waals surface area contributed by atoms with Crippen LogP contribution in [-0.2, 0) is 14.3 Å². The third kappa shape index (κ3) is 3.84. The molecule has 2 rings (SSSR count). The molecule has 1 aliphatic heterocycles. The largest absolute Gasteiger partial charge is 0.469 e. The van der Waals surface area contributed by atoms with Crippen LogP contribution in [0.3, 0.4) is 0 Å². The van der Waals surface area contributed by atoms with Crippen LogP contribution < -0.4 is 0 Å². The van der Waals surface area contributed by atoms with Crippen molar-refractivity contribution in [2.45, 2.75) is 65.2 Å². The summed E-state index contributed by atoms with van der Waals surface area (Å²) in [6.07, 6.45) is 12.0.